The molecule has 2 aromatic rings. The average molecular weight is 353 g/mol. The molecule has 0 spiro atoms. The maximum Gasteiger partial charge on any atom is 0.245 e. The Morgan fingerprint density at radius 1 is 1.23 bits per heavy atom. The topological polar surface area (TPSA) is 67.6 Å². The summed E-state index contributed by atoms with van der Waals surface area (Å²) in [5.41, 5.74) is 9.85. The van der Waals surface area contributed by atoms with Gasteiger partial charge in [-0.25, -0.2) is 0 Å². The standard InChI is InChI=1S/C21H27N3O2/c1-15-7-9-16(10-8-15)11-20(23-19-6-4-3-5-18(19)22)21(25)24-12-17(13-24)14-26-2/h3-10,17,20,23H,11-14,22H2,1-2H3/t20-/m0/s1. The SMILES string of the molecule is COCC1CN(C(=O)[C@H](Cc2ccc(C)cc2)Nc2ccccc2N)C1. The molecular formula is C21H27N3O2. The summed E-state index contributed by atoms with van der Waals surface area (Å²) in [5, 5.41) is 3.36. The molecule has 1 atom stereocenters. The highest BCUT2D eigenvalue weighted by Crippen LogP contribution is 2.23. The molecule has 26 heavy (non-hydrogen) atoms. The van der Waals surface area contributed by atoms with Crippen LogP contribution in [0.1, 0.15) is 11.1 Å². The van der Waals surface area contributed by atoms with E-state index in [1.54, 1.807) is 7.11 Å². The third kappa shape index (κ3) is 4.35. The Kier molecular flexibility index (Phi) is 5.78. The number of nitrogens with two attached hydrogens (primary N) is 1. The first-order chi connectivity index (χ1) is 12.6. The lowest BCUT2D eigenvalue weighted by molar-refractivity contribution is -0.139. The molecular weight excluding hydrogens is 326 g/mol. The van der Waals surface area contributed by atoms with E-state index in [0.29, 0.717) is 24.6 Å². The van der Waals surface area contributed by atoms with Crippen molar-refractivity contribution in [3.63, 3.8) is 0 Å². The van der Waals surface area contributed by atoms with Crippen molar-refractivity contribution >= 4 is 17.3 Å². The molecule has 0 saturated carbocycles. The van der Waals surface area contributed by atoms with Gasteiger partial charge in [0, 0.05) is 32.5 Å². The van der Waals surface area contributed by atoms with E-state index < -0.39 is 0 Å². The van der Waals surface area contributed by atoms with Gasteiger partial charge in [0.25, 0.3) is 0 Å². The van der Waals surface area contributed by atoms with Gasteiger partial charge in [0.15, 0.2) is 0 Å². The normalized spacial score (nSPS) is 15.4. The molecule has 138 valence electrons. The van der Waals surface area contributed by atoms with Gasteiger partial charge in [0.2, 0.25) is 5.91 Å². The van der Waals surface area contributed by atoms with Crippen molar-refractivity contribution in [1.29, 1.82) is 0 Å². The first-order valence-electron chi connectivity index (χ1n) is 9.01. The van der Waals surface area contributed by atoms with Crippen LogP contribution in [0.15, 0.2) is 48.5 Å². The number of nitrogens with zero attached hydrogens (tertiary/aromatic N) is 1. The van der Waals surface area contributed by atoms with Crippen LogP contribution in [0.2, 0.25) is 0 Å². The number of hydrogen-bond acceptors (Lipinski definition) is 4. The molecule has 1 amide bonds. The van der Waals surface area contributed by atoms with Crippen LogP contribution >= 0.6 is 0 Å². The van der Waals surface area contributed by atoms with Crippen molar-refractivity contribution in [1.82, 2.24) is 4.90 Å². The first kappa shape index (κ1) is 18.3. The number of para-hydroxylation sites is 2. The molecule has 2 aromatic carbocycles. The molecule has 0 aliphatic carbocycles. The second-order valence-electron chi connectivity index (χ2n) is 7.04. The van der Waals surface area contributed by atoms with E-state index in [1.165, 1.54) is 5.56 Å². The Morgan fingerprint density at radius 3 is 2.58 bits per heavy atom. The minimum atomic E-state index is -0.342. The molecule has 3 N–H and O–H groups in total. The van der Waals surface area contributed by atoms with Gasteiger partial charge < -0.3 is 20.7 Å². The fourth-order valence-corrected chi connectivity index (χ4v) is 3.29. The van der Waals surface area contributed by atoms with Crippen LogP contribution in [0.4, 0.5) is 11.4 Å². The molecule has 1 saturated heterocycles. The predicted molar refractivity (Wildman–Crippen MR) is 105 cm³/mol. The Labute approximate surface area is 155 Å². The summed E-state index contributed by atoms with van der Waals surface area (Å²) in [6, 6.07) is 15.5. The van der Waals surface area contributed by atoms with E-state index in [2.05, 4.69) is 36.5 Å². The molecule has 1 aliphatic heterocycles. The third-order valence-corrected chi connectivity index (χ3v) is 4.82. The third-order valence-electron chi connectivity index (χ3n) is 4.82. The van der Waals surface area contributed by atoms with Crippen LogP contribution < -0.4 is 11.1 Å². The van der Waals surface area contributed by atoms with E-state index in [1.807, 2.05) is 29.2 Å². The minimum absolute atomic E-state index is 0.112. The zero-order valence-electron chi connectivity index (χ0n) is 15.4. The van der Waals surface area contributed by atoms with Crippen molar-refractivity contribution < 1.29 is 9.53 Å². The summed E-state index contributed by atoms with van der Waals surface area (Å²) < 4.78 is 5.18. The lowest BCUT2D eigenvalue weighted by atomic mass is 9.97. The quantitative estimate of drug-likeness (QED) is 0.751. The second-order valence-corrected chi connectivity index (χ2v) is 7.04. The number of nitrogen functional groups attached to an aromatic ring is 1. The predicted octanol–water partition coefficient (Wildman–Crippen LogP) is 2.71. The first-order valence-corrected chi connectivity index (χ1v) is 9.01. The number of amides is 1. The fourth-order valence-electron chi connectivity index (χ4n) is 3.29. The highest BCUT2D eigenvalue weighted by atomic mass is 16.5. The molecule has 5 nitrogen and oxygen atoms in total. The van der Waals surface area contributed by atoms with Gasteiger partial charge in [-0.3, -0.25) is 4.79 Å². The molecule has 0 unspecified atom stereocenters. The highest BCUT2D eigenvalue weighted by Gasteiger charge is 2.34. The van der Waals surface area contributed by atoms with Crippen molar-refractivity contribution in [2.45, 2.75) is 19.4 Å². The smallest absolute Gasteiger partial charge is 0.245 e. The van der Waals surface area contributed by atoms with Gasteiger partial charge >= 0.3 is 0 Å². The van der Waals surface area contributed by atoms with E-state index >= 15 is 0 Å². The average Bonchev–Trinajstić information content (AvgIpc) is 2.60. The number of likely N-dealkylation sites (tertiary alicyclic amines) is 1. The zero-order valence-corrected chi connectivity index (χ0v) is 15.4. The molecule has 1 aliphatic rings. The second kappa shape index (κ2) is 8.23. The number of nitrogens with one attached hydrogen (secondary N) is 1. The largest absolute Gasteiger partial charge is 0.397 e. The van der Waals surface area contributed by atoms with Crippen LogP contribution in [0.25, 0.3) is 0 Å². The molecule has 0 radical (unpaired) electrons. The van der Waals surface area contributed by atoms with Crippen LogP contribution in [0.3, 0.4) is 0 Å². The number of methoxy groups -OCH3 is 1. The van der Waals surface area contributed by atoms with Gasteiger partial charge in [-0.15, -0.1) is 0 Å². The summed E-state index contributed by atoms with van der Waals surface area (Å²) in [5.74, 6) is 0.548. The van der Waals surface area contributed by atoms with Crippen molar-refractivity contribution in [2.75, 3.05) is 37.9 Å². The number of benzene rings is 2. The summed E-state index contributed by atoms with van der Waals surface area (Å²) in [6.45, 7) is 4.27. The lowest BCUT2D eigenvalue weighted by Gasteiger charge is -2.41. The van der Waals surface area contributed by atoms with Crippen molar-refractivity contribution in [3.8, 4) is 0 Å². The summed E-state index contributed by atoms with van der Waals surface area (Å²) >= 11 is 0. The maximum absolute atomic E-state index is 13.0. The number of aryl methyl sites for hydroxylation is 1. The minimum Gasteiger partial charge on any atom is -0.397 e. The number of carbonyl (C=O) groups is 1. The number of ether oxygens (including phenoxy) is 1. The molecule has 1 heterocycles. The van der Waals surface area contributed by atoms with Crippen molar-refractivity contribution in [2.24, 2.45) is 5.92 Å². The maximum atomic E-state index is 13.0. The van der Waals surface area contributed by atoms with Gasteiger partial charge in [-0.05, 0) is 24.6 Å². The monoisotopic (exact) mass is 353 g/mol. The Bertz CT molecular complexity index is 739. The van der Waals surface area contributed by atoms with Crippen molar-refractivity contribution in [3.05, 3.63) is 59.7 Å². The Morgan fingerprint density at radius 2 is 1.92 bits per heavy atom. The Balaban J connectivity index is 1.74. The van der Waals surface area contributed by atoms with Crippen LogP contribution in [0, 0.1) is 12.8 Å². The van der Waals surface area contributed by atoms with E-state index in [0.717, 1.165) is 24.3 Å². The number of rotatable bonds is 7. The molecule has 0 aromatic heterocycles. The number of hydrogen-bond donors (Lipinski definition) is 2. The van der Waals surface area contributed by atoms with E-state index in [9.17, 15) is 4.79 Å². The fraction of sp³-hybridized carbons (Fsp3) is 0.381. The van der Waals surface area contributed by atoms with Crippen LogP contribution in [-0.4, -0.2) is 43.7 Å². The molecule has 0 bridgehead atoms. The molecule has 1 fully saturated rings. The number of carbonyl (C=O) groups excluding carboxylic acids is 1. The van der Waals surface area contributed by atoms with Crippen LogP contribution in [0.5, 0.6) is 0 Å². The molecule has 5 heteroatoms. The highest BCUT2D eigenvalue weighted by molar-refractivity contribution is 5.87. The van der Waals surface area contributed by atoms with Gasteiger partial charge in [0.05, 0.1) is 18.0 Å². The van der Waals surface area contributed by atoms with E-state index in [-0.39, 0.29) is 11.9 Å². The van der Waals surface area contributed by atoms with E-state index in [4.69, 9.17) is 10.5 Å². The zero-order chi connectivity index (χ0) is 18.5. The molecule has 3 rings (SSSR count). The number of anilines is 2. The van der Waals surface area contributed by atoms with Gasteiger partial charge in [0.1, 0.15) is 6.04 Å². The Hall–Kier alpha value is -2.53. The van der Waals surface area contributed by atoms with Crippen LogP contribution in [-0.2, 0) is 16.0 Å². The lowest BCUT2D eigenvalue weighted by Crippen LogP contribution is -2.56. The summed E-state index contributed by atoms with van der Waals surface area (Å²) in [4.78, 5) is 14.9. The summed E-state index contributed by atoms with van der Waals surface area (Å²) in [6.07, 6.45) is 0.624. The van der Waals surface area contributed by atoms with Gasteiger partial charge in [-0.1, -0.05) is 42.0 Å². The van der Waals surface area contributed by atoms with Gasteiger partial charge in [-0.2, -0.15) is 0 Å². The summed E-state index contributed by atoms with van der Waals surface area (Å²) in [7, 11) is 1.70.